The largest absolute Gasteiger partial charge is 0.335 e. The summed E-state index contributed by atoms with van der Waals surface area (Å²) in [5.74, 6) is 0.368. The Labute approximate surface area is 166 Å². The summed E-state index contributed by atoms with van der Waals surface area (Å²) in [5.41, 5.74) is 2.81. The minimum Gasteiger partial charge on any atom is -0.335 e. The van der Waals surface area contributed by atoms with Crippen LogP contribution in [-0.2, 0) is 0 Å². The molecule has 144 valence electrons. The molecule has 4 aromatic rings. The second kappa shape index (κ2) is 7.09. The average Bonchev–Trinajstić information content (AvgIpc) is 3.39. The second-order valence-corrected chi connectivity index (χ2v) is 7.07. The van der Waals surface area contributed by atoms with Crippen LogP contribution >= 0.6 is 0 Å². The summed E-state index contributed by atoms with van der Waals surface area (Å²) in [6.45, 7) is 1.18. The number of imidazole rings is 1. The Bertz CT molecular complexity index is 1170. The number of fused-ring (bicyclic) bond motifs is 1. The number of nitrogens with zero attached hydrogens (tertiary/aromatic N) is 5. The van der Waals surface area contributed by atoms with Gasteiger partial charge < -0.3 is 9.47 Å². The highest BCUT2D eigenvalue weighted by atomic mass is 19.1. The van der Waals surface area contributed by atoms with E-state index in [1.165, 1.54) is 12.1 Å². The van der Waals surface area contributed by atoms with Crippen LogP contribution in [0, 0.1) is 5.82 Å². The first-order valence-corrected chi connectivity index (χ1v) is 9.50. The molecular formula is C22H18FN5O. The maximum absolute atomic E-state index is 13.4. The van der Waals surface area contributed by atoms with Gasteiger partial charge in [-0.2, -0.15) is 0 Å². The first kappa shape index (κ1) is 17.5. The Morgan fingerprint density at radius 1 is 1.00 bits per heavy atom. The van der Waals surface area contributed by atoms with Crippen molar-refractivity contribution in [3.63, 3.8) is 0 Å². The van der Waals surface area contributed by atoms with E-state index in [0.717, 1.165) is 29.0 Å². The van der Waals surface area contributed by atoms with Crippen molar-refractivity contribution < 1.29 is 9.18 Å². The molecule has 3 aromatic heterocycles. The summed E-state index contributed by atoms with van der Waals surface area (Å²) >= 11 is 0. The van der Waals surface area contributed by atoms with Gasteiger partial charge in [-0.1, -0.05) is 6.07 Å². The molecule has 0 saturated carbocycles. The molecule has 0 radical (unpaired) electrons. The molecule has 1 aliphatic rings. The zero-order valence-corrected chi connectivity index (χ0v) is 15.6. The van der Waals surface area contributed by atoms with E-state index in [-0.39, 0.29) is 17.8 Å². The Morgan fingerprint density at radius 3 is 2.62 bits per heavy atom. The van der Waals surface area contributed by atoms with E-state index in [4.69, 9.17) is 4.98 Å². The van der Waals surface area contributed by atoms with E-state index < -0.39 is 0 Å². The molecule has 0 unspecified atom stereocenters. The molecule has 4 heterocycles. The number of likely N-dealkylation sites (tertiary alicyclic amines) is 1. The van der Waals surface area contributed by atoms with Crippen LogP contribution in [0.2, 0.25) is 0 Å². The molecule has 1 fully saturated rings. The number of aromatic nitrogens is 4. The predicted octanol–water partition coefficient (Wildman–Crippen LogP) is 3.72. The van der Waals surface area contributed by atoms with E-state index in [0.29, 0.717) is 18.8 Å². The maximum atomic E-state index is 13.4. The van der Waals surface area contributed by atoms with Gasteiger partial charge in [0.2, 0.25) is 0 Å². The van der Waals surface area contributed by atoms with Crippen LogP contribution in [0.15, 0.2) is 67.0 Å². The van der Waals surface area contributed by atoms with Crippen molar-refractivity contribution in [1.29, 1.82) is 0 Å². The molecule has 7 heteroatoms. The molecule has 1 aliphatic heterocycles. The first-order chi connectivity index (χ1) is 14.2. The SMILES string of the molecule is O=C(c1ccccn1)N1CC[C@@H](n2c(-c3ccc(F)cc3)nc3cccnc32)C1. The summed E-state index contributed by atoms with van der Waals surface area (Å²) in [7, 11) is 0. The number of rotatable bonds is 3. The molecule has 1 aromatic carbocycles. The van der Waals surface area contributed by atoms with Gasteiger partial charge in [0.25, 0.3) is 5.91 Å². The third-order valence-corrected chi connectivity index (χ3v) is 5.25. The smallest absolute Gasteiger partial charge is 0.272 e. The molecular weight excluding hydrogens is 369 g/mol. The van der Waals surface area contributed by atoms with Gasteiger partial charge in [0.05, 0.1) is 6.04 Å². The van der Waals surface area contributed by atoms with Gasteiger partial charge in [0.1, 0.15) is 22.9 Å². The molecule has 29 heavy (non-hydrogen) atoms. The Hall–Kier alpha value is -3.61. The van der Waals surface area contributed by atoms with E-state index in [2.05, 4.69) is 14.5 Å². The minimum absolute atomic E-state index is 0.0302. The van der Waals surface area contributed by atoms with Crippen molar-refractivity contribution in [3.05, 3.63) is 78.5 Å². The fourth-order valence-electron chi connectivity index (χ4n) is 3.87. The Kier molecular flexibility index (Phi) is 4.27. The van der Waals surface area contributed by atoms with Crippen LogP contribution < -0.4 is 0 Å². The van der Waals surface area contributed by atoms with Gasteiger partial charge >= 0.3 is 0 Å². The van der Waals surface area contributed by atoms with E-state index in [1.54, 1.807) is 36.7 Å². The lowest BCUT2D eigenvalue weighted by Gasteiger charge is -2.18. The summed E-state index contributed by atoms with van der Waals surface area (Å²) in [5, 5.41) is 0. The monoisotopic (exact) mass is 387 g/mol. The van der Waals surface area contributed by atoms with Crippen LogP contribution in [0.4, 0.5) is 4.39 Å². The van der Waals surface area contributed by atoms with Crippen molar-refractivity contribution in [2.24, 2.45) is 0 Å². The first-order valence-electron chi connectivity index (χ1n) is 9.50. The number of pyridine rings is 2. The van der Waals surface area contributed by atoms with Gasteiger partial charge in [0, 0.05) is 31.0 Å². The van der Waals surface area contributed by atoms with E-state index in [9.17, 15) is 9.18 Å². The summed E-state index contributed by atoms with van der Waals surface area (Å²) in [6.07, 6.45) is 4.15. The fraction of sp³-hybridized carbons (Fsp3) is 0.182. The topological polar surface area (TPSA) is 63.9 Å². The molecule has 0 spiro atoms. The Morgan fingerprint density at radius 2 is 1.83 bits per heavy atom. The van der Waals surface area contributed by atoms with Crippen molar-refractivity contribution in [2.75, 3.05) is 13.1 Å². The maximum Gasteiger partial charge on any atom is 0.272 e. The van der Waals surface area contributed by atoms with Gasteiger partial charge in [-0.3, -0.25) is 9.78 Å². The Balaban J connectivity index is 1.52. The number of carbonyl (C=O) groups is 1. The van der Waals surface area contributed by atoms with Crippen LogP contribution in [0.3, 0.4) is 0 Å². The van der Waals surface area contributed by atoms with E-state index >= 15 is 0 Å². The second-order valence-electron chi connectivity index (χ2n) is 7.07. The van der Waals surface area contributed by atoms with Crippen LogP contribution in [0.25, 0.3) is 22.6 Å². The van der Waals surface area contributed by atoms with Crippen molar-refractivity contribution >= 4 is 17.1 Å². The zero-order valence-electron chi connectivity index (χ0n) is 15.6. The number of hydrogen-bond donors (Lipinski definition) is 0. The van der Waals surface area contributed by atoms with Gasteiger partial charge in [-0.05, 0) is 55.0 Å². The molecule has 5 rings (SSSR count). The molecule has 1 amide bonds. The molecule has 1 atom stereocenters. The fourth-order valence-corrected chi connectivity index (χ4v) is 3.87. The lowest BCUT2D eigenvalue weighted by Crippen LogP contribution is -2.29. The van der Waals surface area contributed by atoms with E-state index in [1.807, 2.05) is 23.1 Å². The quantitative estimate of drug-likeness (QED) is 0.537. The average molecular weight is 387 g/mol. The number of halogens is 1. The van der Waals surface area contributed by atoms with Gasteiger partial charge in [-0.25, -0.2) is 14.4 Å². The highest BCUT2D eigenvalue weighted by Gasteiger charge is 2.31. The number of hydrogen-bond acceptors (Lipinski definition) is 4. The summed E-state index contributed by atoms with van der Waals surface area (Å²) in [4.78, 5) is 28.1. The molecule has 6 nitrogen and oxygen atoms in total. The normalized spacial score (nSPS) is 16.4. The number of carbonyl (C=O) groups excluding carboxylic acids is 1. The standard InChI is InChI=1S/C22H18FN5O/c23-16-8-6-15(7-9-16)20-26-18-5-3-12-25-21(18)28(20)17-10-13-27(14-17)22(29)19-4-1-2-11-24-19/h1-9,11-12,17H,10,13-14H2/t17-/m1/s1. The van der Waals surface area contributed by atoms with Crippen LogP contribution in [0.1, 0.15) is 23.0 Å². The summed E-state index contributed by atoms with van der Waals surface area (Å²) in [6, 6.07) is 15.4. The summed E-state index contributed by atoms with van der Waals surface area (Å²) < 4.78 is 15.5. The highest BCUT2D eigenvalue weighted by molar-refractivity contribution is 5.92. The predicted molar refractivity (Wildman–Crippen MR) is 107 cm³/mol. The number of amides is 1. The van der Waals surface area contributed by atoms with Gasteiger partial charge in [0.15, 0.2) is 5.65 Å². The molecule has 0 aliphatic carbocycles. The highest BCUT2D eigenvalue weighted by Crippen LogP contribution is 2.32. The van der Waals surface area contributed by atoms with Crippen LogP contribution in [0.5, 0.6) is 0 Å². The van der Waals surface area contributed by atoms with Crippen molar-refractivity contribution in [2.45, 2.75) is 12.5 Å². The lowest BCUT2D eigenvalue weighted by atomic mass is 10.2. The minimum atomic E-state index is -0.289. The van der Waals surface area contributed by atoms with Crippen molar-refractivity contribution in [3.8, 4) is 11.4 Å². The zero-order chi connectivity index (χ0) is 19.8. The molecule has 0 bridgehead atoms. The van der Waals surface area contributed by atoms with Crippen LogP contribution in [-0.4, -0.2) is 43.4 Å². The molecule has 1 saturated heterocycles. The molecule has 0 N–H and O–H groups in total. The third kappa shape index (κ3) is 3.14. The third-order valence-electron chi connectivity index (χ3n) is 5.25. The van der Waals surface area contributed by atoms with Gasteiger partial charge in [-0.15, -0.1) is 0 Å². The lowest BCUT2D eigenvalue weighted by molar-refractivity contribution is 0.0782. The number of benzene rings is 1. The van der Waals surface area contributed by atoms with Crippen molar-refractivity contribution in [1.82, 2.24) is 24.4 Å².